The van der Waals surface area contributed by atoms with E-state index in [2.05, 4.69) is 20.7 Å². The monoisotopic (exact) mass is 359 g/mol. The maximum atomic E-state index is 12.5. The summed E-state index contributed by atoms with van der Waals surface area (Å²) in [7, 11) is 1.26. The highest BCUT2D eigenvalue weighted by Gasteiger charge is 2.37. The molecule has 1 aliphatic heterocycles. The van der Waals surface area contributed by atoms with E-state index in [1.807, 2.05) is 0 Å². The summed E-state index contributed by atoms with van der Waals surface area (Å²) in [4.78, 5) is 24.0. The van der Waals surface area contributed by atoms with Crippen LogP contribution in [0.25, 0.3) is 0 Å². The Labute approximate surface area is 134 Å². The van der Waals surface area contributed by atoms with Crippen LogP contribution in [0, 0.1) is 5.21 Å². The van der Waals surface area contributed by atoms with Crippen LogP contribution in [0.1, 0.15) is 26.3 Å². The zero-order valence-electron chi connectivity index (χ0n) is 11.5. The number of ketones is 1. The SMILES string of the molecule is COC(=O)c1ccc2c(c1)[N+]([O-])=C(c1ccc(Br)cc1)C2=O. The van der Waals surface area contributed by atoms with Crippen molar-refractivity contribution in [2.75, 3.05) is 7.11 Å². The van der Waals surface area contributed by atoms with Crippen molar-refractivity contribution in [3.05, 3.63) is 68.8 Å². The van der Waals surface area contributed by atoms with Gasteiger partial charge in [0.05, 0.1) is 18.2 Å². The molecule has 0 spiro atoms. The van der Waals surface area contributed by atoms with E-state index in [1.54, 1.807) is 24.3 Å². The molecule has 0 fully saturated rings. The van der Waals surface area contributed by atoms with Gasteiger partial charge in [0.1, 0.15) is 5.56 Å². The van der Waals surface area contributed by atoms with E-state index in [4.69, 9.17) is 0 Å². The van der Waals surface area contributed by atoms with Crippen molar-refractivity contribution in [1.82, 2.24) is 0 Å². The van der Waals surface area contributed by atoms with E-state index in [0.29, 0.717) is 10.3 Å². The number of rotatable bonds is 2. The molecule has 0 radical (unpaired) electrons. The van der Waals surface area contributed by atoms with E-state index in [-0.39, 0.29) is 28.3 Å². The molecule has 0 N–H and O–H groups in total. The van der Waals surface area contributed by atoms with Crippen molar-refractivity contribution < 1.29 is 19.1 Å². The van der Waals surface area contributed by atoms with Gasteiger partial charge in [0.25, 0.3) is 11.5 Å². The second kappa shape index (κ2) is 5.38. The van der Waals surface area contributed by atoms with Crippen molar-refractivity contribution in [1.29, 1.82) is 0 Å². The quantitative estimate of drug-likeness (QED) is 0.469. The van der Waals surface area contributed by atoms with Crippen molar-refractivity contribution in [3.63, 3.8) is 0 Å². The normalized spacial score (nSPS) is 13.3. The average Bonchev–Trinajstić information content (AvgIpc) is 2.79. The number of carbonyl (C=O) groups excluding carboxylic acids is 2. The van der Waals surface area contributed by atoms with Gasteiger partial charge in [-0.2, -0.15) is 4.74 Å². The molecule has 0 aliphatic carbocycles. The van der Waals surface area contributed by atoms with Crippen molar-refractivity contribution in [3.8, 4) is 0 Å². The Morgan fingerprint density at radius 2 is 1.86 bits per heavy atom. The first-order chi connectivity index (χ1) is 10.5. The largest absolute Gasteiger partial charge is 0.618 e. The van der Waals surface area contributed by atoms with Crippen molar-refractivity contribution in [2.24, 2.45) is 0 Å². The number of methoxy groups -OCH3 is 1. The van der Waals surface area contributed by atoms with Crippen molar-refractivity contribution >= 4 is 39.1 Å². The van der Waals surface area contributed by atoms with Crippen LogP contribution in [0.3, 0.4) is 0 Å². The number of benzene rings is 2. The minimum absolute atomic E-state index is 0.0458. The highest BCUT2D eigenvalue weighted by molar-refractivity contribution is 9.10. The van der Waals surface area contributed by atoms with E-state index < -0.39 is 5.97 Å². The fourth-order valence-corrected chi connectivity index (χ4v) is 2.60. The van der Waals surface area contributed by atoms with Gasteiger partial charge in [-0.15, -0.1) is 0 Å². The Balaban J connectivity index is 2.13. The third kappa shape index (κ3) is 2.21. The molecule has 0 saturated carbocycles. The molecular weight excluding hydrogens is 350 g/mol. The van der Waals surface area contributed by atoms with E-state index in [1.165, 1.54) is 25.3 Å². The second-order valence-corrected chi connectivity index (χ2v) is 5.62. The van der Waals surface area contributed by atoms with Gasteiger partial charge in [0, 0.05) is 10.5 Å². The van der Waals surface area contributed by atoms with Gasteiger partial charge in [-0.1, -0.05) is 15.9 Å². The highest BCUT2D eigenvalue weighted by atomic mass is 79.9. The summed E-state index contributed by atoms with van der Waals surface area (Å²) in [6, 6.07) is 11.2. The molecule has 1 heterocycles. The van der Waals surface area contributed by atoms with Crippen LogP contribution in [-0.2, 0) is 4.74 Å². The van der Waals surface area contributed by atoms with Gasteiger partial charge in [0.15, 0.2) is 0 Å². The lowest BCUT2D eigenvalue weighted by atomic mass is 10.0. The zero-order valence-corrected chi connectivity index (χ0v) is 13.1. The summed E-state index contributed by atoms with van der Waals surface area (Å²) in [6.45, 7) is 0. The highest BCUT2D eigenvalue weighted by Crippen LogP contribution is 2.29. The third-order valence-corrected chi connectivity index (χ3v) is 3.95. The first kappa shape index (κ1) is 14.5. The number of hydrogen-bond acceptors (Lipinski definition) is 4. The summed E-state index contributed by atoms with van der Waals surface area (Å²) < 4.78 is 6.04. The fourth-order valence-electron chi connectivity index (χ4n) is 2.33. The van der Waals surface area contributed by atoms with E-state index >= 15 is 0 Å². The molecule has 3 rings (SSSR count). The summed E-state index contributed by atoms with van der Waals surface area (Å²) in [5, 5.41) is 12.5. The van der Waals surface area contributed by atoms with Gasteiger partial charge < -0.3 is 9.94 Å². The number of fused-ring (bicyclic) bond motifs is 1. The number of ether oxygens (including phenoxy) is 1. The minimum Gasteiger partial charge on any atom is -0.618 e. The molecule has 2 aromatic carbocycles. The first-order valence-electron chi connectivity index (χ1n) is 6.40. The maximum absolute atomic E-state index is 12.5. The van der Waals surface area contributed by atoms with E-state index in [9.17, 15) is 14.8 Å². The molecule has 0 amide bonds. The minimum atomic E-state index is -0.555. The Morgan fingerprint density at radius 1 is 1.18 bits per heavy atom. The summed E-state index contributed by atoms with van der Waals surface area (Å²) in [5.41, 5.74) is 1.24. The molecule has 0 unspecified atom stereocenters. The Morgan fingerprint density at radius 3 is 2.50 bits per heavy atom. The van der Waals surface area contributed by atoms with Crippen LogP contribution >= 0.6 is 15.9 Å². The van der Waals surface area contributed by atoms with Crippen LogP contribution < -0.4 is 0 Å². The second-order valence-electron chi connectivity index (χ2n) is 4.70. The molecular formula is C16H10BrNO4. The van der Waals surface area contributed by atoms with Crippen LogP contribution in [0.2, 0.25) is 0 Å². The predicted octanol–water partition coefficient (Wildman–Crippen LogP) is 3.06. The number of Topliss-reactive ketones (excluding diaryl/α,β-unsaturated/α-hetero) is 1. The maximum Gasteiger partial charge on any atom is 0.338 e. The van der Waals surface area contributed by atoms with Crippen LogP contribution in [-0.4, -0.2) is 29.3 Å². The molecule has 22 heavy (non-hydrogen) atoms. The number of hydrogen-bond donors (Lipinski definition) is 0. The van der Waals surface area contributed by atoms with Gasteiger partial charge in [-0.3, -0.25) is 4.79 Å². The number of nitrogens with zero attached hydrogens (tertiary/aromatic N) is 1. The van der Waals surface area contributed by atoms with Crippen molar-refractivity contribution in [2.45, 2.75) is 0 Å². The molecule has 1 aliphatic rings. The predicted molar refractivity (Wildman–Crippen MR) is 83.7 cm³/mol. The molecule has 6 heteroatoms. The Bertz CT molecular complexity index is 825. The summed E-state index contributed by atoms with van der Waals surface area (Å²) in [5.74, 6) is -0.913. The number of esters is 1. The average molecular weight is 360 g/mol. The lowest BCUT2D eigenvalue weighted by Gasteiger charge is -2.03. The standard InChI is InChI=1S/C16H10BrNO4/c1-22-16(20)10-4-7-12-13(8-10)18(21)14(15(12)19)9-2-5-11(17)6-3-9/h2-8H,1H3. The summed E-state index contributed by atoms with van der Waals surface area (Å²) in [6.07, 6.45) is 0. The van der Waals surface area contributed by atoms with Gasteiger partial charge in [0.2, 0.25) is 5.69 Å². The lowest BCUT2D eigenvalue weighted by molar-refractivity contribution is -0.355. The van der Waals surface area contributed by atoms with E-state index in [0.717, 1.165) is 4.47 Å². The van der Waals surface area contributed by atoms with Crippen LogP contribution in [0.5, 0.6) is 0 Å². The molecule has 2 aromatic rings. The molecule has 0 saturated heterocycles. The lowest BCUT2D eigenvalue weighted by Crippen LogP contribution is -2.16. The molecule has 5 nitrogen and oxygen atoms in total. The fraction of sp³-hybridized carbons (Fsp3) is 0.0625. The van der Waals surface area contributed by atoms with Gasteiger partial charge in [-0.25, -0.2) is 4.79 Å². The Hall–Kier alpha value is -2.47. The molecule has 110 valence electrons. The number of carbonyl (C=O) groups is 2. The molecule has 0 aromatic heterocycles. The first-order valence-corrected chi connectivity index (χ1v) is 7.19. The molecule has 0 bridgehead atoms. The third-order valence-electron chi connectivity index (χ3n) is 3.42. The zero-order chi connectivity index (χ0) is 15.9. The van der Waals surface area contributed by atoms with Crippen LogP contribution in [0.4, 0.5) is 5.69 Å². The smallest absolute Gasteiger partial charge is 0.338 e. The Kier molecular flexibility index (Phi) is 3.54. The van der Waals surface area contributed by atoms with Gasteiger partial charge in [-0.05, 0) is 36.4 Å². The summed E-state index contributed by atoms with van der Waals surface area (Å²) >= 11 is 3.31. The topological polar surface area (TPSA) is 69.4 Å². The molecule has 0 atom stereocenters. The number of halogens is 1. The van der Waals surface area contributed by atoms with Gasteiger partial charge >= 0.3 is 5.97 Å². The van der Waals surface area contributed by atoms with Crippen LogP contribution in [0.15, 0.2) is 46.9 Å².